The summed E-state index contributed by atoms with van der Waals surface area (Å²) in [5.41, 5.74) is 1.88. The van der Waals surface area contributed by atoms with Crippen molar-refractivity contribution in [3.63, 3.8) is 0 Å². The van der Waals surface area contributed by atoms with Crippen LogP contribution in [0.1, 0.15) is 30.0 Å². The van der Waals surface area contributed by atoms with Gasteiger partial charge in [0.2, 0.25) is 0 Å². The third kappa shape index (κ3) is 3.87. The summed E-state index contributed by atoms with van der Waals surface area (Å²) in [7, 11) is -2.35. The average molecular weight is 431 g/mol. The van der Waals surface area contributed by atoms with Crippen LogP contribution in [0.5, 0.6) is 5.75 Å². The lowest BCUT2D eigenvalue weighted by Crippen LogP contribution is -2.58. The molecule has 162 valence electrons. The highest BCUT2D eigenvalue weighted by molar-refractivity contribution is 7.86. The van der Waals surface area contributed by atoms with Crippen LogP contribution in [0, 0.1) is 6.92 Å². The van der Waals surface area contributed by atoms with Crippen molar-refractivity contribution in [2.75, 3.05) is 33.3 Å². The number of methoxy groups -OCH3 is 1. The van der Waals surface area contributed by atoms with E-state index >= 15 is 0 Å². The van der Waals surface area contributed by atoms with Gasteiger partial charge < -0.3 is 10.1 Å². The Bertz CT molecular complexity index is 986. The molecule has 1 heterocycles. The lowest BCUT2D eigenvalue weighted by molar-refractivity contribution is -0.0294. The number of benzene rings is 2. The van der Waals surface area contributed by atoms with Gasteiger partial charge in [-0.3, -0.25) is 9.08 Å². The molecule has 30 heavy (non-hydrogen) atoms. The molecule has 2 aromatic carbocycles. The molecule has 1 N–H and O–H groups in total. The van der Waals surface area contributed by atoms with Gasteiger partial charge in [0.1, 0.15) is 11.4 Å². The maximum atomic E-state index is 13.4. The van der Waals surface area contributed by atoms with Gasteiger partial charge in [-0.1, -0.05) is 29.8 Å². The molecule has 0 spiro atoms. The fourth-order valence-corrected chi connectivity index (χ4v) is 6.07. The molecule has 0 radical (unpaired) electrons. The molecule has 1 fully saturated rings. The molecule has 0 bridgehead atoms. The van der Waals surface area contributed by atoms with Crippen LogP contribution < -0.4 is 10.1 Å². The van der Waals surface area contributed by atoms with Crippen molar-refractivity contribution in [1.82, 2.24) is 10.2 Å². The zero-order valence-corrected chi connectivity index (χ0v) is 18.7. The van der Waals surface area contributed by atoms with Crippen LogP contribution in [0.4, 0.5) is 0 Å². The van der Waals surface area contributed by atoms with Gasteiger partial charge in [-0.2, -0.15) is 8.42 Å². The summed E-state index contributed by atoms with van der Waals surface area (Å²) >= 11 is 0. The maximum Gasteiger partial charge on any atom is 0.297 e. The van der Waals surface area contributed by atoms with E-state index in [-0.39, 0.29) is 10.9 Å². The highest BCUT2D eigenvalue weighted by Gasteiger charge is 2.49. The summed E-state index contributed by atoms with van der Waals surface area (Å²) < 4.78 is 38.6. The van der Waals surface area contributed by atoms with Crippen LogP contribution in [-0.2, 0) is 26.3 Å². The number of aryl methyl sites for hydroxylation is 2. The van der Waals surface area contributed by atoms with E-state index in [1.807, 2.05) is 32.0 Å². The van der Waals surface area contributed by atoms with Crippen LogP contribution in [0.3, 0.4) is 0 Å². The molecular weight excluding hydrogens is 400 g/mol. The normalized spacial score (nSPS) is 25.0. The van der Waals surface area contributed by atoms with Gasteiger partial charge in [0, 0.05) is 37.8 Å². The molecule has 0 aromatic heterocycles. The van der Waals surface area contributed by atoms with Gasteiger partial charge in [-0.05, 0) is 50.5 Å². The van der Waals surface area contributed by atoms with Gasteiger partial charge >= 0.3 is 0 Å². The van der Waals surface area contributed by atoms with Crippen molar-refractivity contribution in [2.24, 2.45) is 0 Å². The second-order valence-corrected chi connectivity index (χ2v) is 9.84. The summed E-state index contributed by atoms with van der Waals surface area (Å²) in [6.45, 7) is 7.33. The van der Waals surface area contributed by atoms with E-state index in [2.05, 4.69) is 10.2 Å². The highest BCUT2D eigenvalue weighted by atomic mass is 32.2. The molecule has 2 aliphatic rings. The van der Waals surface area contributed by atoms with Gasteiger partial charge in [-0.25, -0.2) is 0 Å². The molecule has 0 saturated carbocycles. The van der Waals surface area contributed by atoms with Crippen molar-refractivity contribution in [3.05, 3.63) is 59.2 Å². The van der Waals surface area contributed by atoms with E-state index in [0.29, 0.717) is 5.75 Å². The summed E-state index contributed by atoms with van der Waals surface area (Å²) in [6.07, 6.45) is 1.70. The zero-order chi connectivity index (χ0) is 21.4. The Morgan fingerprint density at radius 3 is 2.47 bits per heavy atom. The zero-order valence-electron chi connectivity index (χ0n) is 17.8. The third-order valence-corrected chi connectivity index (χ3v) is 7.75. The quantitative estimate of drug-likeness (QED) is 0.736. The fourth-order valence-electron chi connectivity index (χ4n) is 4.86. The van der Waals surface area contributed by atoms with E-state index in [1.165, 1.54) is 0 Å². The first-order valence-electron chi connectivity index (χ1n) is 10.5. The Kier molecular flexibility index (Phi) is 5.90. The lowest BCUT2D eigenvalue weighted by Gasteiger charge is -2.48. The van der Waals surface area contributed by atoms with E-state index in [9.17, 15) is 8.42 Å². The maximum absolute atomic E-state index is 13.4. The van der Waals surface area contributed by atoms with E-state index in [4.69, 9.17) is 8.92 Å². The molecule has 2 atom stereocenters. The van der Waals surface area contributed by atoms with Crippen LogP contribution in [0.25, 0.3) is 0 Å². The Hall–Kier alpha value is -1.93. The van der Waals surface area contributed by atoms with Crippen LogP contribution in [0.2, 0.25) is 0 Å². The largest absolute Gasteiger partial charge is 0.496 e. The van der Waals surface area contributed by atoms with E-state index < -0.39 is 15.7 Å². The van der Waals surface area contributed by atoms with Gasteiger partial charge in [0.05, 0.1) is 12.0 Å². The smallest absolute Gasteiger partial charge is 0.297 e. The Labute approximate surface area is 179 Å². The number of fused-ring (bicyclic) bond motifs is 1. The number of nitrogens with one attached hydrogen (secondary N) is 1. The Morgan fingerprint density at radius 1 is 1.10 bits per heavy atom. The van der Waals surface area contributed by atoms with Crippen LogP contribution >= 0.6 is 0 Å². The van der Waals surface area contributed by atoms with Crippen molar-refractivity contribution in [1.29, 1.82) is 0 Å². The van der Waals surface area contributed by atoms with Crippen molar-refractivity contribution in [2.45, 2.75) is 43.2 Å². The first-order chi connectivity index (χ1) is 14.3. The molecule has 2 unspecified atom stereocenters. The minimum Gasteiger partial charge on any atom is -0.496 e. The number of hydrogen-bond donors (Lipinski definition) is 1. The molecule has 1 saturated heterocycles. The number of piperazine rings is 1. The standard InChI is InChI=1S/C23H30N2O4S/c1-17-7-10-19(11-8-17)30(26,27)29-23(2)21(25-15-13-24-14-16-25)12-9-18-5-4-6-20(28-3)22(18)23/h4-8,10-11,21,24H,9,12-16H2,1-3H3. The molecule has 0 amide bonds. The predicted molar refractivity (Wildman–Crippen MR) is 116 cm³/mol. The number of rotatable bonds is 5. The summed E-state index contributed by atoms with van der Waals surface area (Å²) in [5.74, 6) is 0.675. The second kappa shape index (κ2) is 8.30. The minimum atomic E-state index is -3.97. The molecule has 4 rings (SSSR count). The molecule has 7 heteroatoms. The molecular formula is C23H30N2O4S. The second-order valence-electron chi connectivity index (χ2n) is 8.29. The van der Waals surface area contributed by atoms with Gasteiger partial charge in [-0.15, -0.1) is 0 Å². The van der Waals surface area contributed by atoms with E-state index in [1.54, 1.807) is 31.4 Å². The topological polar surface area (TPSA) is 67.9 Å². The lowest BCUT2D eigenvalue weighted by atomic mass is 9.75. The number of nitrogens with zero attached hydrogens (tertiary/aromatic N) is 1. The molecule has 6 nitrogen and oxygen atoms in total. The van der Waals surface area contributed by atoms with Crippen molar-refractivity contribution < 1.29 is 17.3 Å². The van der Waals surface area contributed by atoms with Crippen molar-refractivity contribution in [3.8, 4) is 5.75 Å². The molecule has 1 aliphatic carbocycles. The number of hydrogen-bond acceptors (Lipinski definition) is 6. The van der Waals surface area contributed by atoms with Crippen molar-refractivity contribution >= 4 is 10.1 Å². The number of ether oxygens (including phenoxy) is 1. The SMILES string of the molecule is COc1cccc2c1C(C)(OS(=O)(=O)c1ccc(C)cc1)C(N1CCNCC1)CC2. The van der Waals surface area contributed by atoms with Crippen LogP contribution in [-0.4, -0.2) is 52.6 Å². The van der Waals surface area contributed by atoms with Gasteiger partial charge in [0.25, 0.3) is 10.1 Å². The Morgan fingerprint density at radius 2 is 1.80 bits per heavy atom. The summed E-state index contributed by atoms with van der Waals surface area (Å²) in [4.78, 5) is 2.53. The van der Waals surface area contributed by atoms with Gasteiger partial charge in [0.15, 0.2) is 0 Å². The summed E-state index contributed by atoms with van der Waals surface area (Å²) in [5, 5.41) is 3.38. The van der Waals surface area contributed by atoms with Crippen LogP contribution in [0.15, 0.2) is 47.4 Å². The minimum absolute atomic E-state index is 0.0661. The monoisotopic (exact) mass is 430 g/mol. The third-order valence-electron chi connectivity index (χ3n) is 6.34. The predicted octanol–water partition coefficient (Wildman–Crippen LogP) is 2.84. The average Bonchev–Trinajstić information content (AvgIpc) is 2.74. The highest BCUT2D eigenvalue weighted by Crippen LogP contribution is 2.47. The summed E-state index contributed by atoms with van der Waals surface area (Å²) in [6, 6.07) is 12.6. The van der Waals surface area contributed by atoms with E-state index in [0.717, 1.165) is 55.7 Å². The molecule has 1 aliphatic heterocycles. The molecule has 2 aromatic rings. The fraction of sp³-hybridized carbons (Fsp3) is 0.478. The first kappa shape index (κ1) is 21.3. The Balaban J connectivity index is 1.81. The first-order valence-corrected chi connectivity index (χ1v) is 11.9.